The largest absolute Gasteiger partial charge is 0.339 e. The average molecular weight is 399 g/mol. The summed E-state index contributed by atoms with van der Waals surface area (Å²) in [6, 6.07) is 2.00. The van der Waals surface area contributed by atoms with Crippen molar-refractivity contribution in [2.24, 2.45) is 0 Å². The molecule has 0 unspecified atom stereocenters. The lowest BCUT2D eigenvalue weighted by molar-refractivity contribution is 0.0730. The van der Waals surface area contributed by atoms with E-state index in [4.69, 9.17) is 10.7 Å². The van der Waals surface area contributed by atoms with Gasteiger partial charge < -0.3 is 4.90 Å². The normalized spacial score (nSPS) is 16.2. The highest BCUT2D eigenvalue weighted by Gasteiger charge is 2.28. The second-order valence-electron chi connectivity index (χ2n) is 5.05. The molecule has 0 atom stereocenters. The maximum Gasteiger partial charge on any atom is 0.262 e. The number of halogens is 3. The Balaban J connectivity index is 2.41. The van der Waals surface area contributed by atoms with Crippen LogP contribution in [-0.4, -0.2) is 32.3 Å². The summed E-state index contributed by atoms with van der Waals surface area (Å²) in [5.74, 6) is -1.31. The van der Waals surface area contributed by atoms with Crippen molar-refractivity contribution in [3.63, 3.8) is 0 Å². The van der Waals surface area contributed by atoms with Crippen LogP contribution in [-0.2, 0) is 9.05 Å². The molecule has 1 aromatic rings. The van der Waals surface area contributed by atoms with Gasteiger partial charge in [-0.1, -0.05) is 12.8 Å². The first-order chi connectivity index (χ1) is 9.71. The van der Waals surface area contributed by atoms with Crippen LogP contribution in [0.5, 0.6) is 0 Å². The molecular formula is C13H14BrClFNO3S. The van der Waals surface area contributed by atoms with Crippen LogP contribution in [0, 0.1) is 5.82 Å². The van der Waals surface area contributed by atoms with Gasteiger partial charge in [0.15, 0.2) is 0 Å². The third-order valence-corrected chi connectivity index (χ3v) is 5.99. The molecule has 0 N–H and O–H groups in total. The van der Waals surface area contributed by atoms with Gasteiger partial charge in [0.2, 0.25) is 0 Å². The molecule has 1 fully saturated rings. The number of carbonyl (C=O) groups excluding carboxylic acids is 1. The van der Waals surface area contributed by atoms with Crippen LogP contribution in [0.3, 0.4) is 0 Å². The molecule has 0 aromatic heterocycles. The van der Waals surface area contributed by atoms with Crippen molar-refractivity contribution in [1.29, 1.82) is 0 Å². The Labute approximate surface area is 135 Å². The zero-order valence-corrected chi connectivity index (χ0v) is 14.4. The maximum atomic E-state index is 14.0. The Hall–Kier alpha value is -0.660. The predicted octanol–water partition coefficient (Wildman–Crippen LogP) is 3.53. The van der Waals surface area contributed by atoms with Crippen LogP contribution in [0.2, 0.25) is 0 Å². The number of nitrogens with zero attached hydrogens (tertiary/aromatic N) is 1. The van der Waals surface area contributed by atoms with Gasteiger partial charge in [-0.25, -0.2) is 12.8 Å². The third-order valence-electron chi connectivity index (χ3n) is 3.71. The van der Waals surface area contributed by atoms with Gasteiger partial charge in [-0.15, -0.1) is 0 Å². The molecule has 4 nitrogen and oxygen atoms in total. The molecule has 1 aliphatic carbocycles. The summed E-state index contributed by atoms with van der Waals surface area (Å²) < 4.78 is 36.9. The molecule has 116 valence electrons. The van der Waals surface area contributed by atoms with Crippen molar-refractivity contribution in [2.75, 3.05) is 7.05 Å². The number of hydrogen-bond donors (Lipinski definition) is 0. The number of benzene rings is 1. The van der Waals surface area contributed by atoms with Gasteiger partial charge in [0.25, 0.3) is 15.0 Å². The van der Waals surface area contributed by atoms with Gasteiger partial charge in [-0.2, -0.15) is 0 Å². The summed E-state index contributed by atoms with van der Waals surface area (Å²) in [6.07, 6.45) is 3.82. The molecule has 1 aliphatic rings. The number of amides is 1. The molecular weight excluding hydrogens is 385 g/mol. The quantitative estimate of drug-likeness (QED) is 0.732. The maximum absolute atomic E-state index is 14.0. The van der Waals surface area contributed by atoms with E-state index in [0.717, 1.165) is 37.8 Å². The fraction of sp³-hybridized carbons (Fsp3) is 0.462. The van der Waals surface area contributed by atoms with Crippen molar-refractivity contribution in [2.45, 2.75) is 36.6 Å². The predicted molar refractivity (Wildman–Crippen MR) is 81.5 cm³/mol. The van der Waals surface area contributed by atoms with E-state index in [2.05, 4.69) is 15.9 Å². The van der Waals surface area contributed by atoms with E-state index in [0.29, 0.717) is 0 Å². The van der Waals surface area contributed by atoms with Gasteiger partial charge >= 0.3 is 0 Å². The third kappa shape index (κ3) is 3.57. The van der Waals surface area contributed by atoms with Crippen molar-refractivity contribution >= 4 is 41.6 Å². The summed E-state index contributed by atoms with van der Waals surface area (Å²) in [5.41, 5.74) is -0.285. The minimum Gasteiger partial charge on any atom is -0.339 e. The molecule has 1 aromatic carbocycles. The SMILES string of the molecule is CN(C(=O)c1cc(S(=O)(=O)Cl)c(Br)cc1F)C1CCCC1. The summed E-state index contributed by atoms with van der Waals surface area (Å²) in [6.45, 7) is 0. The van der Waals surface area contributed by atoms with E-state index in [1.54, 1.807) is 7.05 Å². The Kier molecular flexibility index (Phi) is 4.95. The minimum atomic E-state index is -4.06. The molecule has 0 heterocycles. The zero-order valence-electron chi connectivity index (χ0n) is 11.3. The Morgan fingerprint density at radius 3 is 2.48 bits per heavy atom. The second kappa shape index (κ2) is 6.22. The summed E-state index contributed by atoms with van der Waals surface area (Å²) in [7, 11) is 2.84. The molecule has 0 bridgehead atoms. The highest BCUT2D eigenvalue weighted by molar-refractivity contribution is 9.10. The molecule has 1 saturated carbocycles. The summed E-state index contributed by atoms with van der Waals surface area (Å²) in [5, 5.41) is 0. The van der Waals surface area contributed by atoms with E-state index in [-0.39, 0.29) is 21.0 Å². The summed E-state index contributed by atoms with van der Waals surface area (Å²) in [4.78, 5) is 13.5. The molecule has 21 heavy (non-hydrogen) atoms. The number of hydrogen-bond acceptors (Lipinski definition) is 3. The number of carbonyl (C=O) groups is 1. The van der Waals surface area contributed by atoms with Crippen LogP contribution in [0.4, 0.5) is 4.39 Å². The Bertz CT molecular complexity index is 674. The fourth-order valence-electron chi connectivity index (χ4n) is 2.53. The van der Waals surface area contributed by atoms with Gasteiger partial charge in [0, 0.05) is 28.2 Å². The van der Waals surface area contributed by atoms with Gasteiger partial charge in [0.1, 0.15) is 5.82 Å². The van der Waals surface area contributed by atoms with E-state index >= 15 is 0 Å². The first-order valence-corrected chi connectivity index (χ1v) is 9.53. The number of rotatable bonds is 3. The molecule has 0 saturated heterocycles. The standard InChI is InChI=1S/C13H14BrClFNO3S/c1-17(8-4-2-3-5-8)13(18)9-6-12(21(15,19)20)10(14)7-11(9)16/h6-8H,2-5H2,1H3. The molecule has 0 radical (unpaired) electrons. The van der Waals surface area contributed by atoms with Gasteiger partial charge in [0.05, 0.1) is 10.5 Å². The van der Waals surface area contributed by atoms with Crippen LogP contribution in [0.15, 0.2) is 21.5 Å². The van der Waals surface area contributed by atoms with E-state index in [9.17, 15) is 17.6 Å². The van der Waals surface area contributed by atoms with Gasteiger partial charge in [-0.3, -0.25) is 4.79 Å². The van der Waals surface area contributed by atoms with Crippen molar-refractivity contribution in [1.82, 2.24) is 4.90 Å². The van der Waals surface area contributed by atoms with Gasteiger partial charge in [-0.05, 0) is 40.9 Å². The second-order valence-corrected chi connectivity index (χ2v) is 8.44. The molecule has 0 spiro atoms. The first-order valence-electron chi connectivity index (χ1n) is 6.42. The average Bonchev–Trinajstić information content (AvgIpc) is 2.89. The molecule has 1 amide bonds. The van der Waals surface area contributed by atoms with Crippen LogP contribution >= 0.6 is 26.6 Å². The lowest BCUT2D eigenvalue weighted by atomic mass is 10.1. The highest BCUT2D eigenvalue weighted by Crippen LogP contribution is 2.30. The lowest BCUT2D eigenvalue weighted by Crippen LogP contribution is -2.35. The summed E-state index contributed by atoms with van der Waals surface area (Å²) >= 11 is 2.94. The first kappa shape index (κ1) is 16.7. The topological polar surface area (TPSA) is 54.5 Å². The highest BCUT2D eigenvalue weighted by atomic mass is 79.9. The van der Waals surface area contributed by atoms with E-state index < -0.39 is 20.8 Å². The fourth-order valence-corrected chi connectivity index (χ4v) is 4.70. The van der Waals surface area contributed by atoms with Crippen LogP contribution < -0.4 is 0 Å². The van der Waals surface area contributed by atoms with Crippen LogP contribution in [0.25, 0.3) is 0 Å². The van der Waals surface area contributed by atoms with Crippen molar-refractivity contribution in [3.05, 3.63) is 28.0 Å². The Morgan fingerprint density at radius 2 is 1.95 bits per heavy atom. The molecule has 8 heteroatoms. The Morgan fingerprint density at radius 1 is 1.38 bits per heavy atom. The van der Waals surface area contributed by atoms with Crippen molar-refractivity contribution in [3.8, 4) is 0 Å². The van der Waals surface area contributed by atoms with E-state index in [1.807, 2.05) is 0 Å². The molecule has 2 rings (SSSR count). The van der Waals surface area contributed by atoms with Crippen LogP contribution in [0.1, 0.15) is 36.0 Å². The monoisotopic (exact) mass is 397 g/mol. The smallest absolute Gasteiger partial charge is 0.262 e. The van der Waals surface area contributed by atoms with Crippen molar-refractivity contribution < 1.29 is 17.6 Å². The lowest BCUT2D eigenvalue weighted by Gasteiger charge is -2.24. The molecule has 0 aliphatic heterocycles. The zero-order chi connectivity index (χ0) is 15.8. The minimum absolute atomic E-state index is 0.00457. The van der Waals surface area contributed by atoms with E-state index in [1.165, 1.54) is 4.90 Å².